The minimum atomic E-state index is 0.0813. The van der Waals surface area contributed by atoms with E-state index < -0.39 is 0 Å². The number of hydrogen-bond acceptors (Lipinski definition) is 1. The van der Waals surface area contributed by atoms with Gasteiger partial charge in [-0.1, -0.05) is 48.5 Å². The first-order valence-electron chi connectivity index (χ1n) is 5.97. The lowest BCUT2D eigenvalue weighted by Gasteiger charge is -2.08. The Morgan fingerprint density at radius 1 is 0.944 bits per heavy atom. The molecule has 1 aliphatic heterocycles. The number of nitrogens with zero attached hydrogens (tertiary/aromatic N) is 1. The fourth-order valence-corrected chi connectivity index (χ4v) is 2.14. The van der Waals surface area contributed by atoms with Gasteiger partial charge in [-0.2, -0.15) is 0 Å². The number of carbonyl (C=O) groups is 1. The van der Waals surface area contributed by atoms with Crippen LogP contribution in [0.1, 0.15) is 21.5 Å². The van der Waals surface area contributed by atoms with E-state index in [1.807, 2.05) is 66.9 Å². The summed E-state index contributed by atoms with van der Waals surface area (Å²) < 4.78 is 0. The third-order valence-electron chi connectivity index (χ3n) is 3.10. The van der Waals surface area contributed by atoms with Gasteiger partial charge in [-0.15, -0.1) is 0 Å². The largest absolute Gasteiger partial charge is 0.311 e. The molecule has 0 unspecified atom stereocenters. The quantitative estimate of drug-likeness (QED) is 0.782. The molecule has 0 spiro atoms. The van der Waals surface area contributed by atoms with E-state index in [0.29, 0.717) is 6.54 Å². The van der Waals surface area contributed by atoms with Gasteiger partial charge in [0.1, 0.15) is 0 Å². The third-order valence-corrected chi connectivity index (χ3v) is 3.10. The maximum Gasteiger partial charge on any atom is 0.258 e. The lowest BCUT2D eigenvalue weighted by atomic mass is 10.1. The number of amides is 1. The molecule has 2 heteroatoms. The van der Waals surface area contributed by atoms with Crippen LogP contribution in [-0.4, -0.2) is 10.8 Å². The number of rotatable bonds is 2. The van der Waals surface area contributed by atoms with Crippen molar-refractivity contribution in [1.29, 1.82) is 0 Å². The Labute approximate surface area is 106 Å². The zero-order valence-corrected chi connectivity index (χ0v) is 9.91. The average Bonchev–Trinajstić information content (AvgIpc) is 2.75. The van der Waals surface area contributed by atoms with Crippen LogP contribution in [0.15, 0.2) is 60.8 Å². The maximum atomic E-state index is 12.1. The van der Waals surface area contributed by atoms with Crippen molar-refractivity contribution in [3.8, 4) is 0 Å². The van der Waals surface area contributed by atoms with Crippen molar-refractivity contribution < 1.29 is 4.79 Å². The highest BCUT2D eigenvalue weighted by Crippen LogP contribution is 2.22. The highest BCUT2D eigenvalue weighted by molar-refractivity contribution is 5.99. The van der Waals surface area contributed by atoms with E-state index in [-0.39, 0.29) is 5.91 Å². The van der Waals surface area contributed by atoms with E-state index in [1.165, 1.54) is 0 Å². The second-order valence-electron chi connectivity index (χ2n) is 4.32. The number of benzene rings is 2. The smallest absolute Gasteiger partial charge is 0.258 e. The molecular weight excluding hydrogens is 222 g/mol. The molecule has 1 heterocycles. The summed E-state index contributed by atoms with van der Waals surface area (Å²) in [7, 11) is 0. The lowest BCUT2D eigenvalue weighted by molar-refractivity contribution is 0.0843. The van der Waals surface area contributed by atoms with Crippen molar-refractivity contribution in [3.05, 3.63) is 77.5 Å². The van der Waals surface area contributed by atoms with Crippen molar-refractivity contribution in [2.45, 2.75) is 6.54 Å². The van der Waals surface area contributed by atoms with Crippen molar-refractivity contribution in [1.82, 2.24) is 4.90 Å². The van der Waals surface area contributed by atoms with Gasteiger partial charge in [-0.05, 0) is 23.3 Å². The highest BCUT2D eigenvalue weighted by Gasteiger charge is 2.24. The van der Waals surface area contributed by atoms with E-state index in [9.17, 15) is 4.79 Å². The predicted octanol–water partition coefficient (Wildman–Crippen LogP) is 3.31. The molecule has 2 aromatic carbocycles. The normalized spacial score (nSPS) is 14.2. The fourth-order valence-electron chi connectivity index (χ4n) is 2.14. The van der Waals surface area contributed by atoms with E-state index >= 15 is 0 Å². The van der Waals surface area contributed by atoms with Crippen molar-refractivity contribution in [2.24, 2.45) is 0 Å². The molecular formula is C16H13NO. The van der Waals surface area contributed by atoms with Gasteiger partial charge in [0.25, 0.3) is 5.91 Å². The summed E-state index contributed by atoms with van der Waals surface area (Å²) in [6, 6.07) is 17.7. The standard InChI is InChI=1S/C16H13NO/c18-16-15-9-5-4-8-14(15)12-17(16)11-10-13-6-2-1-3-7-13/h1-11H,12H2. The van der Waals surface area contributed by atoms with E-state index in [4.69, 9.17) is 0 Å². The SMILES string of the molecule is O=C1c2ccccc2CN1C=Cc1ccccc1. The van der Waals surface area contributed by atoms with Crippen molar-refractivity contribution in [2.75, 3.05) is 0 Å². The Hall–Kier alpha value is -2.35. The summed E-state index contributed by atoms with van der Waals surface area (Å²) in [6.45, 7) is 0.665. The van der Waals surface area contributed by atoms with Crippen LogP contribution in [0.2, 0.25) is 0 Å². The predicted molar refractivity (Wildman–Crippen MR) is 71.8 cm³/mol. The minimum absolute atomic E-state index is 0.0813. The van der Waals surface area contributed by atoms with Gasteiger partial charge < -0.3 is 4.90 Å². The number of hydrogen-bond donors (Lipinski definition) is 0. The van der Waals surface area contributed by atoms with Gasteiger partial charge in [-0.3, -0.25) is 4.79 Å². The minimum Gasteiger partial charge on any atom is -0.311 e. The monoisotopic (exact) mass is 235 g/mol. The molecule has 0 saturated heterocycles. The zero-order valence-electron chi connectivity index (χ0n) is 9.91. The summed E-state index contributed by atoms with van der Waals surface area (Å²) in [6.07, 6.45) is 3.82. The Morgan fingerprint density at radius 3 is 2.44 bits per heavy atom. The second kappa shape index (κ2) is 4.49. The molecule has 1 aliphatic rings. The molecule has 0 radical (unpaired) electrons. The first-order valence-corrected chi connectivity index (χ1v) is 5.97. The van der Waals surface area contributed by atoms with Gasteiger partial charge >= 0.3 is 0 Å². The molecule has 2 nitrogen and oxygen atoms in total. The van der Waals surface area contributed by atoms with Crippen molar-refractivity contribution in [3.63, 3.8) is 0 Å². The topological polar surface area (TPSA) is 20.3 Å². The molecule has 0 bridgehead atoms. The van der Waals surface area contributed by atoms with Crippen LogP contribution in [0, 0.1) is 0 Å². The Morgan fingerprint density at radius 2 is 1.67 bits per heavy atom. The molecule has 0 saturated carbocycles. The molecule has 0 fully saturated rings. The second-order valence-corrected chi connectivity index (χ2v) is 4.32. The van der Waals surface area contributed by atoms with Gasteiger partial charge in [0, 0.05) is 11.8 Å². The van der Waals surface area contributed by atoms with Gasteiger partial charge in [0.05, 0.1) is 6.54 Å². The first-order chi connectivity index (χ1) is 8.84. The van der Waals surface area contributed by atoms with Crippen LogP contribution in [0.5, 0.6) is 0 Å². The van der Waals surface area contributed by atoms with Crippen LogP contribution in [0.4, 0.5) is 0 Å². The van der Waals surface area contributed by atoms with Gasteiger partial charge in [-0.25, -0.2) is 0 Å². The summed E-state index contributed by atoms with van der Waals surface area (Å²) >= 11 is 0. The number of carbonyl (C=O) groups excluding carboxylic acids is 1. The summed E-state index contributed by atoms with van der Waals surface area (Å²) in [5.41, 5.74) is 3.01. The molecule has 0 aromatic heterocycles. The maximum absolute atomic E-state index is 12.1. The number of fused-ring (bicyclic) bond motifs is 1. The van der Waals surface area contributed by atoms with Gasteiger partial charge in [0.2, 0.25) is 0 Å². The molecule has 0 aliphatic carbocycles. The first kappa shape index (κ1) is 10.8. The Kier molecular flexibility index (Phi) is 2.69. The molecule has 0 atom stereocenters. The summed E-state index contributed by atoms with van der Waals surface area (Å²) in [5, 5.41) is 0. The fraction of sp³-hybridized carbons (Fsp3) is 0.0625. The van der Waals surface area contributed by atoms with Crippen molar-refractivity contribution >= 4 is 12.0 Å². The molecule has 3 rings (SSSR count). The van der Waals surface area contributed by atoms with E-state index in [1.54, 1.807) is 4.90 Å². The highest BCUT2D eigenvalue weighted by atomic mass is 16.2. The Balaban J connectivity index is 1.81. The van der Waals surface area contributed by atoms with Crippen LogP contribution < -0.4 is 0 Å². The van der Waals surface area contributed by atoms with Crippen LogP contribution in [-0.2, 0) is 6.54 Å². The summed E-state index contributed by atoms with van der Waals surface area (Å²) in [5.74, 6) is 0.0813. The molecule has 18 heavy (non-hydrogen) atoms. The Bertz CT molecular complexity index is 602. The van der Waals surface area contributed by atoms with Crippen LogP contribution in [0.3, 0.4) is 0 Å². The van der Waals surface area contributed by atoms with Gasteiger partial charge in [0.15, 0.2) is 0 Å². The lowest BCUT2D eigenvalue weighted by Crippen LogP contribution is -2.16. The molecule has 2 aromatic rings. The molecule has 0 N–H and O–H groups in total. The summed E-state index contributed by atoms with van der Waals surface area (Å²) in [4.78, 5) is 13.8. The van der Waals surface area contributed by atoms with E-state index in [0.717, 1.165) is 16.7 Å². The molecule has 1 amide bonds. The zero-order chi connectivity index (χ0) is 12.4. The third kappa shape index (κ3) is 1.93. The van der Waals surface area contributed by atoms with E-state index in [2.05, 4.69) is 0 Å². The molecule has 88 valence electrons. The average molecular weight is 235 g/mol. The van der Waals surface area contributed by atoms with Crippen LogP contribution in [0.25, 0.3) is 6.08 Å². The van der Waals surface area contributed by atoms with Crippen LogP contribution >= 0.6 is 0 Å².